The van der Waals surface area contributed by atoms with Crippen LogP contribution in [-0.2, 0) is 6.54 Å². The number of hydrogen-bond acceptors (Lipinski definition) is 5. The smallest absolute Gasteiger partial charge is 0.260 e. The molecule has 0 N–H and O–H groups in total. The molecule has 1 amide bonds. The number of aromatic nitrogens is 3. The Morgan fingerprint density at radius 1 is 1.18 bits per heavy atom. The molecule has 0 unspecified atom stereocenters. The average Bonchev–Trinajstić information content (AvgIpc) is 3.49. The minimum absolute atomic E-state index is 0.0572. The summed E-state index contributed by atoms with van der Waals surface area (Å²) < 4.78 is 36.1. The minimum atomic E-state index is -0.745. The first-order valence-corrected chi connectivity index (χ1v) is 12.1. The highest BCUT2D eigenvalue weighted by Gasteiger charge is 2.23. The lowest BCUT2D eigenvalue weighted by molar-refractivity contribution is 0.0986. The third kappa shape index (κ3) is 5.77. The number of thiazole rings is 1. The Labute approximate surface area is 200 Å². The molecule has 0 saturated heterocycles. The number of ether oxygens (including phenoxy) is 1. The van der Waals surface area contributed by atoms with Gasteiger partial charge in [0.25, 0.3) is 5.91 Å². The van der Waals surface area contributed by atoms with E-state index in [-0.39, 0.29) is 11.4 Å². The third-order valence-electron chi connectivity index (χ3n) is 5.33. The summed E-state index contributed by atoms with van der Waals surface area (Å²) in [5, 5.41) is 0.324. The molecule has 0 bridgehead atoms. The number of fused-ring (bicyclic) bond motifs is 1. The number of rotatable bonds is 11. The highest BCUT2D eigenvalue weighted by molar-refractivity contribution is 7.22. The van der Waals surface area contributed by atoms with Crippen LogP contribution < -0.4 is 9.64 Å². The van der Waals surface area contributed by atoms with E-state index in [4.69, 9.17) is 4.74 Å². The average molecular weight is 485 g/mol. The Kier molecular flexibility index (Phi) is 7.84. The molecule has 0 aliphatic heterocycles. The predicted octanol–water partition coefficient (Wildman–Crippen LogP) is 6.08. The van der Waals surface area contributed by atoms with Gasteiger partial charge in [-0.25, -0.2) is 18.7 Å². The van der Waals surface area contributed by atoms with Crippen LogP contribution in [0, 0.1) is 11.6 Å². The number of amides is 1. The molecule has 0 fully saturated rings. The summed E-state index contributed by atoms with van der Waals surface area (Å²) in [6.07, 6.45) is 9.01. The van der Waals surface area contributed by atoms with Crippen LogP contribution in [0.4, 0.5) is 13.9 Å². The maximum Gasteiger partial charge on any atom is 0.260 e. The van der Waals surface area contributed by atoms with Gasteiger partial charge in [-0.3, -0.25) is 9.69 Å². The monoisotopic (exact) mass is 484 g/mol. The second-order valence-corrected chi connectivity index (χ2v) is 8.93. The lowest BCUT2D eigenvalue weighted by Crippen LogP contribution is -2.32. The predicted molar refractivity (Wildman–Crippen MR) is 130 cm³/mol. The molecule has 9 heteroatoms. The number of carbonyl (C=O) groups is 1. The summed E-state index contributed by atoms with van der Waals surface area (Å²) in [5.74, 6) is -1.07. The third-order valence-corrected chi connectivity index (χ3v) is 6.36. The Morgan fingerprint density at radius 3 is 2.85 bits per heavy atom. The SMILES string of the molecule is CCCCCOc1cccc(C(=O)N(CCCn2ccnc2)c2nc3c(F)cc(F)cc3s2)c1. The molecule has 2 heterocycles. The fourth-order valence-electron chi connectivity index (χ4n) is 3.59. The zero-order valence-corrected chi connectivity index (χ0v) is 19.7. The van der Waals surface area contributed by atoms with Gasteiger partial charge >= 0.3 is 0 Å². The Hall–Kier alpha value is -3.33. The Bertz CT molecular complexity index is 1240. The number of imidazole rings is 1. The molecule has 0 radical (unpaired) electrons. The molecule has 0 atom stereocenters. The molecular formula is C25H26F2N4O2S. The zero-order chi connectivity index (χ0) is 23.9. The number of carbonyl (C=O) groups excluding carboxylic acids is 1. The number of hydrogen-bond donors (Lipinski definition) is 0. The van der Waals surface area contributed by atoms with Crippen molar-refractivity contribution in [3.63, 3.8) is 0 Å². The van der Waals surface area contributed by atoms with Gasteiger partial charge in [0, 0.05) is 37.1 Å². The van der Waals surface area contributed by atoms with E-state index in [0.717, 1.165) is 36.7 Å². The Morgan fingerprint density at radius 2 is 2.06 bits per heavy atom. The van der Waals surface area contributed by atoms with Gasteiger partial charge in [-0.2, -0.15) is 0 Å². The number of unbranched alkanes of at least 4 members (excludes halogenated alkanes) is 2. The first-order chi connectivity index (χ1) is 16.5. The number of anilines is 1. The van der Waals surface area contributed by atoms with E-state index >= 15 is 0 Å². The standard InChI is InChI=1S/C25H26F2N4O2S/c1-2-3-4-13-33-20-8-5-7-18(14-20)24(32)31(11-6-10-30-12-9-28-17-30)25-29-23-21(27)15-19(26)16-22(23)34-25/h5,7-9,12,14-17H,2-4,6,10-11,13H2,1H3. The van der Waals surface area contributed by atoms with Crippen molar-refractivity contribution in [2.45, 2.75) is 39.2 Å². The zero-order valence-electron chi connectivity index (χ0n) is 18.9. The van der Waals surface area contributed by atoms with Crippen LogP contribution >= 0.6 is 11.3 Å². The highest BCUT2D eigenvalue weighted by atomic mass is 32.1. The van der Waals surface area contributed by atoms with Crippen LogP contribution in [0.15, 0.2) is 55.1 Å². The second-order valence-electron chi connectivity index (χ2n) is 7.93. The van der Waals surface area contributed by atoms with Crippen molar-refractivity contribution in [1.29, 1.82) is 0 Å². The van der Waals surface area contributed by atoms with E-state index in [1.165, 1.54) is 11.0 Å². The van der Waals surface area contributed by atoms with Crippen LogP contribution in [0.1, 0.15) is 43.0 Å². The fourth-order valence-corrected chi connectivity index (χ4v) is 4.62. The number of aryl methyl sites for hydroxylation is 1. The number of benzene rings is 2. The molecule has 0 saturated carbocycles. The van der Waals surface area contributed by atoms with E-state index in [1.807, 2.05) is 16.8 Å². The van der Waals surface area contributed by atoms with E-state index in [1.54, 1.807) is 30.7 Å². The van der Waals surface area contributed by atoms with E-state index in [9.17, 15) is 13.6 Å². The van der Waals surface area contributed by atoms with Crippen LogP contribution in [0.5, 0.6) is 5.75 Å². The van der Waals surface area contributed by atoms with Crippen LogP contribution in [-0.4, -0.2) is 33.6 Å². The molecule has 0 spiro atoms. The van der Waals surface area contributed by atoms with Crippen LogP contribution in [0.3, 0.4) is 0 Å². The summed E-state index contributed by atoms with van der Waals surface area (Å²) in [6, 6.07) is 9.07. The molecule has 4 aromatic rings. The summed E-state index contributed by atoms with van der Waals surface area (Å²) in [6.45, 7) is 3.71. The van der Waals surface area contributed by atoms with Gasteiger partial charge in [0.2, 0.25) is 0 Å². The van der Waals surface area contributed by atoms with Crippen molar-refractivity contribution >= 4 is 32.6 Å². The maximum atomic E-state index is 14.3. The fraction of sp³-hybridized carbons (Fsp3) is 0.320. The lowest BCUT2D eigenvalue weighted by atomic mass is 10.2. The van der Waals surface area contributed by atoms with E-state index in [0.29, 0.717) is 47.3 Å². The molecule has 2 aromatic carbocycles. The lowest BCUT2D eigenvalue weighted by Gasteiger charge is -2.20. The van der Waals surface area contributed by atoms with E-state index in [2.05, 4.69) is 16.9 Å². The molecule has 2 aromatic heterocycles. The Balaban J connectivity index is 1.58. The first kappa shape index (κ1) is 23.8. The molecule has 0 aliphatic rings. The van der Waals surface area contributed by atoms with Gasteiger partial charge in [0.1, 0.15) is 17.1 Å². The molecule has 6 nitrogen and oxygen atoms in total. The van der Waals surface area contributed by atoms with Crippen molar-refractivity contribution < 1.29 is 18.3 Å². The molecule has 34 heavy (non-hydrogen) atoms. The number of halogens is 2. The molecule has 0 aliphatic carbocycles. The van der Waals surface area contributed by atoms with Crippen LogP contribution in [0.25, 0.3) is 10.2 Å². The minimum Gasteiger partial charge on any atom is -0.494 e. The summed E-state index contributed by atoms with van der Waals surface area (Å²) in [7, 11) is 0. The molecule has 178 valence electrons. The van der Waals surface area contributed by atoms with Crippen molar-refractivity contribution in [1.82, 2.24) is 14.5 Å². The maximum absolute atomic E-state index is 14.3. The summed E-state index contributed by atoms with van der Waals surface area (Å²) in [5.41, 5.74) is 0.503. The largest absolute Gasteiger partial charge is 0.494 e. The van der Waals surface area contributed by atoms with Gasteiger partial charge in [0.05, 0.1) is 17.6 Å². The van der Waals surface area contributed by atoms with E-state index < -0.39 is 11.6 Å². The second kappa shape index (κ2) is 11.2. The van der Waals surface area contributed by atoms with Gasteiger partial charge in [0.15, 0.2) is 10.9 Å². The van der Waals surface area contributed by atoms with Gasteiger partial charge in [-0.05, 0) is 37.1 Å². The normalized spacial score (nSPS) is 11.1. The molecule has 4 rings (SSSR count). The topological polar surface area (TPSA) is 60.2 Å². The van der Waals surface area contributed by atoms with Crippen molar-refractivity contribution in [2.75, 3.05) is 18.1 Å². The summed E-state index contributed by atoms with van der Waals surface area (Å²) >= 11 is 1.09. The van der Waals surface area contributed by atoms with Gasteiger partial charge in [-0.1, -0.05) is 37.2 Å². The quantitative estimate of drug-likeness (QED) is 0.242. The van der Waals surface area contributed by atoms with Crippen molar-refractivity contribution in [2.24, 2.45) is 0 Å². The first-order valence-electron chi connectivity index (χ1n) is 11.3. The highest BCUT2D eigenvalue weighted by Crippen LogP contribution is 2.32. The van der Waals surface area contributed by atoms with Gasteiger partial charge < -0.3 is 9.30 Å². The van der Waals surface area contributed by atoms with Gasteiger partial charge in [-0.15, -0.1) is 0 Å². The van der Waals surface area contributed by atoms with Crippen molar-refractivity contribution in [3.8, 4) is 5.75 Å². The molecular weight excluding hydrogens is 458 g/mol. The van der Waals surface area contributed by atoms with Crippen LogP contribution in [0.2, 0.25) is 0 Å². The summed E-state index contributed by atoms with van der Waals surface area (Å²) in [4.78, 5) is 23.4. The number of nitrogens with zero attached hydrogens (tertiary/aromatic N) is 4. The van der Waals surface area contributed by atoms with Crippen molar-refractivity contribution in [3.05, 3.63) is 72.3 Å².